The molecule has 17 heavy (non-hydrogen) atoms. The Balaban J connectivity index is 2.66. The molecule has 0 saturated heterocycles. The Morgan fingerprint density at radius 2 is 2.24 bits per heavy atom. The molecule has 0 aliphatic carbocycles. The maximum absolute atomic E-state index is 10.8. The second-order valence-electron chi connectivity index (χ2n) is 4.12. The predicted molar refractivity (Wildman–Crippen MR) is 72.5 cm³/mol. The van der Waals surface area contributed by atoms with Crippen molar-refractivity contribution in [3.8, 4) is 0 Å². The van der Waals surface area contributed by atoms with Gasteiger partial charge in [-0.05, 0) is 25.7 Å². The van der Waals surface area contributed by atoms with Crippen LogP contribution in [0, 0.1) is 17.0 Å². The quantitative estimate of drug-likeness (QED) is 0.626. The molecule has 94 valence electrons. The third-order valence-electron chi connectivity index (χ3n) is 2.54. The van der Waals surface area contributed by atoms with E-state index in [9.17, 15) is 10.1 Å². The van der Waals surface area contributed by atoms with Crippen molar-refractivity contribution in [1.29, 1.82) is 0 Å². The molecule has 0 saturated carbocycles. The Kier molecular flexibility index (Phi) is 5.44. The molecule has 0 aliphatic rings. The first-order valence-corrected chi connectivity index (χ1v) is 6.90. The Labute approximate surface area is 106 Å². The van der Waals surface area contributed by atoms with Crippen LogP contribution in [0.15, 0.2) is 18.2 Å². The molecule has 5 heteroatoms. The zero-order valence-electron chi connectivity index (χ0n) is 10.4. The summed E-state index contributed by atoms with van der Waals surface area (Å²) in [6.07, 6.45) is 2.06. The fourth-order valence-electron chi connectivity index (χ4n) is 1.56. The Morgan fingerprint density at radius 3 is 2.82 bits per heavy atom. The van der Waals surface area contributed by atoms with E-state index in [1.807, 2.05) is 6.07 Å². The molecule has 1 aromatic carbocycles. The minimum atomic E-state index is -0.329. The van der Waals surface area contributed by atoms with Crippen LogP contribution in [0.4, 0.5) is 5.69 Å². The summed E-state index contributed by atoms with van der Waals surface area (Å²) in [6, 6.07) is 5.79. The van der Waals surface area contributed by atoms with E-state index < -0.39 is 0 Å². The van der Waals surface area contributed by atoms with Crippen molar-refractivity contribution >= 4 is 17.4 Å². The van der Waals surface area contributed by atoms with Gasteiger partial charge in [-0.3, -0.25) is 10.1 Å². The number of aryl methyl sites for hydroxylation is 1. The summed E-state index contributed by atoms with van der Waals surface area (Å²) in [7, 11) is 0. The summed E-state index contributed by atoms with van der Waals surface area (Å²) < 4.78 is 0. The van der Waals surface area contributed by atoms with E-state index in [-0.39, 0.29) is 10.6 Å². The molecule has 0 aliphatic heterocycles. The van der Waals surface area contributed by atoms with E-state index in [0.29, 0.717) is 18.2 Å². The first-order chi connectivity index (χ1) is 8.04. The van der Waals surface area contributed by atoms with Gasteiger partial charge in [-0.15, -0.1) is 0 Å². The normalized spacial score (nSPS) is 12.4. The Morgan fingerprint density at radius 1 is 1.53 bits per heavy atom. The van der Waals surface area contributed by atoms with Gasteiger partial charge < -0.3 is 5.32 Å². The molecule has 1 rings (SSSR count). The summed E-state index contributed by atoms with van der Waals surface area (Å²) in [5, 5.41) is 14.1. The van der Waals surface area contributed by atoms with Gasteiger partial charge in [0, 0.05) is 30.0 Å². The Bertz CT molecular complexity index is 396. The van der Waals surface area contributed by atoms with Crippen molar-refractivity contribution in [2.45, 2.75) is 26.4 Å². The molecule has 4 nitrogen and oxygen atoms in total. The maximum Gasteiger partial charge on any atom is 0.272 e. The van der Waals surface area contributed by atoms with Crippen LogP contribution in [-0.4, -0.2) is 23.0 Å². The van der Waals surface area contributed by atoms with Crippen molar-refractivity contribution in [1.82, 2.24) is 5.32 Å². The predicted octanol–water partition coefficient (Wildman–Crippen LogP) is 2.74. The van der Waals surface area contributed by atoms with Gasteiger partial charge in [0.1, 0.15) is 0 Å². The molecule has 0 heterocycles. The van der Waals surface area contributed by atoms with Gasteiger partial charge in [0.05, 0.1) is 4.92 Å². The van der Waals surface area contributed by atoms with Crippen LogP contribution in [0.5, 0.6) is 0 Å². The third kappa shape index (κ3) is 4.36. The van der Waals surface area contributed by atoms with Gasteiger partial charge in [0.25, 0.3) is 5.69 Å². The molecular formula is C12H18N2O2S. The number of hydrogen-bond donors (Lipinski definition) is 1. The number of rotatable bonds is 6. The van der Waals surface area contributed by atoms with Crippen molar-refractivity contribution in [2.75, 3.05) is 12.0 Å². The van der Waals surface area contributed by atoms with Crippen LogP contribution in [0.3, 0.4) is 0 Å². The van der Waals surface area contributed by atoms with E-state index in [1.54, 1.807) is 30.8 Å². The minimum Gasteiger partial charge on any atom is -0.309 e. The maximum atomic E-state index is 10.8. The Hall–Kier alpha value is -1.07. The van der Waals surface area contributed by atoms with Gasteiger partial charge in [-0.25, -0.2) is 0 Å². The molecule has 1 unspecified atom stereocenters. The highest BCUT2D eigenvalue weighted by Crippen LogP contribution is 2.19. The highest BCUT2D eigenvalue weighted by molar-refractivity contribution is 7.98. The number of benzene rings is 1. The van der Waals surface area contributed by atoms with Crippen LogP contribution < -0.4 is 5.32 Å². The number of hydrogen-bond acceptors (Lipinski definition) is 4. The molecule has 0 aromatic heterocycles. The van der Waals surface area contributed by atoms with Gasteiger partial charge >= 0.3 is 0 Å². The molecule has 0 bridgehead atoms. The van der Waals surface area contributed by atoms with Crippen molar-refractivity contribution in [2.24, 2.45) is 0 Å². The molecule has 1 aromatic rings. The number of nitrogens with one attached hydrogen (secondary N) is 1. The van der Waals surface area contributed by atoms with Crippen LogP contribution in [0.1, 0.15) is 18.1 Å². The largest absolute Gasteiger partial charge is 0.309 e. The zero-order chi connectivity index (χ0) is 12.8. The molecule has 0 fully saturated rings. The lowest BCUT2D eigenvalue weighted by atomic mass is 10.1. The number of nitrogens with zero attached hydrogens (tertiary/aromatic N) is 1. The summed E-state index contributed by atoms with van der Waals surface area (Å²) in [6.45, 7) is 4.54. The van der Waals surface area contributed by atoms with Crippen LogP contribution >= 0.6 is 11.8 Å². The monoisotopic (exact) mass is 254 g/mol. The lowest BCUT2D eigenvalue weighted by molar-refractivity contribution is -0.385. The van der Waals surface area contributed by atoms with Gasteiger partial charge in [-0.2, -0.15) is 11.8 Å². The third-order valence-corrected chi connectivity index (χ3v) is 3.37. The number of nitro benzene ring substituents is 1. The first-order valence-electron chi connectivity index (χ1n) is 5.51. The van der Waals surface area contributed by atoms with Gasteiger partial charge in [-0.1, -0.05) is 12.1 Å². The first kappa shape index (κ1) is 14.0. The van der Waals surface area contributed by atoms with E-state index in [1.165, 1.54) is 0 Å². The number of thioether (sulfide) groups is 1. The highest BCUT2D eigenvalue weighted by Gasteiger charge is 2.11. The molecule has 1 atom stereocenters. The van der Waals surface area contributed by atoms with E-state index in [2.05, 4.69) is 18.5 Å². The summed E-state index contributed by atoms with van der Waals surface area (Å²) >= 11 is 1.78. The van der Waals surface area contributed by atoms with E-state index >= 15 is 0 Å². The van der Waals surface area contributed by atoms with Gasteiger partial charge in [0.15, 0.2) is 0 Å². The standard InChI is InChI=1S/C12H18N2O2S/c1-9-4-5-11(6-12(9)14(15)16)7-13-10(2)8-17-3/h4-6,10,13H,7-8H2,1-3H3. The van der Waals surface area contributed by atoms with E-state index in [4.69, 9.17) is 0 Å². The molecule has 1 N–H and O–H groups in total. The lowest BCUT2D eigenvalue weighted by Gasteiger charge is -2.12. The number of nitro groups is 1. The second kappa shape index (κ2) is 6.61. The summed E-state index contributed by atoms with van der Waals surface area (Å²) in [5.41, 5.74) is 1.85. The summed E-state index contributed by atoms with van der Waals surface area (Å²) in [5.74, 6) is 1.04. The lowest BCUT2D eigenvalue weighted by Crippen LogP contribution is -2.27. The van der Waals surface area contributed by atoms with Crippen LogP contribution in [0.2, 0.25) is 0 Å². The van der Waals surface area contributed by atoms with Crippen LogP contribution in [0.25, 0.3) is 0 Å². The van der Waals surface area contributed by atoms with Crippen molar-refractivity contribution in [3.05, 3.63) is 39.4 Å². The molecule has 0 amide bonds. The fourth-order valence-corrected chi connectivity index (χ4v) is 2.18. The average Bonchev–Trinajstić information content (AvgIpc) is 2.28. The molecule has 0 radical (unpaired) electrons. The smallest absolute Gasteiger partial charge is 0.272 e. The molecule has 0 spiro atoms. The average molecular weight is 254 g/mol. The van der Waals surface area contributed by atoms with E-state index in [0.717, 1.165) is 11.3 Å². The van der Waals surface area contributed by atoms with Gasteiger partial charge in [0.2, 0.25) is 0 Å². The highest BCUT2D eigenvalue weighted by atomic mass is 32.2. The SMILES string of the molecule is CSCC(C)NCc1ccc(C)c([N+](=O)[O-])c1. The minimum absolute atomic E-state index is 0.196. The second-order valence-corrected chi connectivity index (χ2v) is 5.03. The topological polar surface area (TPSA) is 55.2 Å². The summed E-state index contributed by atoms with van der Waals surface area (Å²) in [4.78, 5) is 10.5. The van der Waals surface area contributed by atoms with Crippen molar-refractivity contribution < 1.29 is 4.92 Å². The fraction of sp³-hybridized carbons (Fsp3) is 0.500. The van der Waals surface area contributed by atoms with Crippen molar-refractivity contribution in [3.63, 3.8) is 0 Å². The zero-order valence-corrected chi connectivity index (χ0v) is 11.2. The molecular weight excluding hydrogens is 236 g/mol. The van der Waals surface area contributed by atoms with Crippen LogP contribution in [-0.2, 0) is 6.54 Å².